The number of carbonyl (C=O) groups is 1. The third-order valence-corrected chi connectivity index (χ3v) is 2.33. The zero-order chi connectivity index (χ0) is 10.8. The molecule has 0 aromatic carbocycles. The van der Waals surface area contributed by atoms with Crippen molar-refractivity contribution in [1.82, 2.24) is 4.90 Å². The van der Waals surface area contributed by atoms with Gasteiger partial charge in [0.1, 0.15) is 6.04 Å². The third kappa shape index (κ3) is 2.87. The van der Waals surface area contributed by atoms with E-state index < -0.39 is 24.6 Å². The van der Waals surface area contributed by atoms with Crippen LogP contribution in [0.25, 0.3) is 0 Å². The van der Waals surface area contributed by atoms with Crippen LogP contribution in [-0.4, -0.2) is 41.3 Å². The molecule has 1 saturated heterocycles. The lowest BCUT2D eigenvalue weighted by Gasteiger charge is -2.27. The summed E-state index contributed by atoms with van der Waals surface area (Å²) < 4.78 is 37.3. The zero-order valence-corrected chi connectivity index (χ0v) is 7.55. The van der Waals surface area contributed by atoms with Gasteiger partial charge in [-0.2, -0.15) is 13.2 Å². The molecular weight excluding hydrogens is 199 g/mol. The van der Waals surface area contributed by atoms with Crippen molar-refractivity contribution < 1.29 is 23.1 Å². The summed E-state index contributed by atoms with van der Waals surface area (Å²) in [4.78, 5) is 11.5. The van der Waals surface area contributed by atoms with Gasteiger partial charge in [0.15, 0.2) is 0 Å². The Kier molecular flexibility index (Phi) is 3.36. The quantitative estimate of drug-likeness (QED) is 0.768. The molecule has 3 nitrogen and oxygen atoms in total. The lowest BCUT2D eigenvalue weighted by Crippen LogP contribution is -2.45. The van der Waals surface area contributed by atoms with E-state index in [0.29, 0.717) is 25.9 Å². The van der Waals surface area contributed by atoms with Crippen LogP contribution in [0.15, 0.2) is 0 Å². The van der Waals surface area contributed by atoms with Gasteiger partial charge in [0, 0.05) is 0 Å². The summed E-state index contributed by atoms with van der Waals surface area (Å²) in [5.41, 5.74) is 0. The van der Waals surface area contributed by atoms with Crippen LogP contribution in [-0.2, 0) is 4.79 Å². The number of aliphatic carboxylic acids is 1. The molecule has 0 bridgehead atoms. The second-order valence-electron chi connectivity index (χ2n) is 3.40. The lowest BCUT2D eigenvalue weighted by atomic mass is 10.2. The molecular formula is C8H12F3NO2. The van der Waals surface area contributed by atoms with Crippen LogP contribution in [0.5, 0.6) is 0 Å². The number of halogens is 3. The molecule has 6 heteroatoms. The minimum atomic E-state index is -4.44. The summed E-state index contributed by atoms with van der Waals surface area (Å²) in [6.07, 6.45) is -3.87. The second kappa shape index (κ2) is 4.16. The van der Waals surface area contributed by atoms with E-state index in [1.165, 1.54) is 4.90 Å². The minimum absolute atomic E-state index is 0.345. The number of likely N-dealkylation sites (tertiary alicyclic amines) is 1. The number of alkyl halides is 3. The van der Waals surface area contributed by atoms with Crippen molar-refractivity contribution in [1.29, 1.82) is 0 Å². The molecule has 0 aromatic heterocycles. The minimum Gasteiger partial charge on any atom is -0.481 e. The number of rotatable bonds is 3. The van der Waals surface area contributed by atoms with Gasteiger partial charge in [0.05, 0.1) is 6.42 Å². The van der Waals surface area contributed by atoms with Crippen LogP contribution in [0, 0.1) is 0 Å². The highest BCUT2D eigenvalue weighted by molar-refractivity contribution is 5.67. The van der Waals surface area contributed by atoms with Crippen LogP contribution in [0.3, 0.4) is 0 Å². The second-order valence-corrected chi connectivity index (χ2v) is 3.40. The predicted molar refractivity (Wildman–Crippen MR) is 42.9 cm³/mol. The average molecular weight is 211 g/mol. The highest BCUT2D eigenvalue weighted by Gasteiger charge is 2.45. The normalized spacial score (nSPS) is 21.1. The van der Waals surface area contributed by atoms with Crippen LogP contribution in [0.2, 0.25) is 0 Å². The molecule has 14 heavy (non-hydrogen) atoms. The van der Waals surface area contributed by atoms with Gasteiger partial charge in [0.25, 0.3) is 0 Å². The van der Waals surface area contributed by atoms with Crippen molar-refractivity contribution in [3.8, 4) is 0 Å². The number of carboxylic acids is 1. The van der Waals surface area contributed by atoms with Gasteiger partial charge in [-0.15, -0.1) is 0 Å². The molecule has 0 spiro atoms. The number of hydrogen-bond donors (Lipinski definition) is 1. The molecule has 0 amide bonds. The van der Waals surface area contributed by atoms with E-state index in [4.69, 9.17) is 5.11 Å². The number of hydrogen-bond acceptors (Lipinski definition) is 2. The smallest absolute Gasteiger partial charge is 0.404 e. The maximum Gasteiger partial charge on any atom is 0.404 e. The topological polar surface area (TPSA) is 40.5 Å². The monoisotopic (exact) mass is 211 g/mol. The van der Waals surface area contributed by atoms with E-state index >= 15 is 0 Å². The Labute approximate surface area is 79.5 Å². The molecule has 1 aliphatic heterocycles. The average Bonchev–Trinajstić information content (AvgIpc) is 2.49. The molecule has 0 aliphatic carbocycles. The highest BCUT2D eigenvalue weighted by Crippen LogP contribution is 2.29. The van der Waals surface area contributed by atoms with E-state index in [1.807, 2.05) is 0 Å². The van der Waals surface area contributed by atoms with Crippen LogP contribution in [0.4, 0.5) is 13.2 Å². The van der Waals surface area contributed by atoms with Crippen LogP contribution >= 0.6 is 0 Å². The largest absolute Gasteiger partial charge is 0.481 e. The van der Waals surface area contributed by atoms with Gasteiger partial charge >= 0.3 is 12.1 Å². The number of carboxylic acid groups (broad SMARTS) is 1. The van der Waals surface area contributed by atoms with E-state index in [9.17, 15) is 18.0 Å². The van der Waals surface area contributed by atoms with Crippen molar-refractivity contribution >= 4 is 5.97 Å². The molecule has 1 atom stereocenters. The van der Waals surface area contributed by atoms with Gasteiger partial charge in [-0.1, -0.05) is 0 Å². The zero-order valence-electron chi connectivity index (χ0n) is 7.55. The van der Waals surface area contributed by atoms with Crippen molar-refractivity contribution in [2.45, 2.75) is 31.5 Å². The van der Waals surface area contributed by atoms with Crippen molar-refractivity contribution in [2.75, 3.05) is 13.1 Å². The Morgan fingerprint density at radius 1 is 1.36 bits per heavy atom. The SMILES string of the molecule is O=C(O)CC(N1CCCC1)C(F)(F)F. The highest BCUT2D eigenvalue weighted by atomic mass is 19.4. The standard InChI is InChI=1S/C8H12F3NO2/c9-8(10,11)6(5-7(13)14)12-3-1-2-4-12/h6H,1-5H2,(H,13,14). The van der Waals surface area contributed by atoms with Gasteiger partial charge in [0.2, 0.25) is 0 Å². The Morgan fingerprint density at radius 2 is 1.86 bits per heavy atom. The Balaban J connectivity index is 2.65. The maximum atomic E-state index is 12.4. The van der Waals surface area contributed by atoms with Gasteiger partial charge in [-0.25, -0.2) is 0 Å². The molecule has 0 aromatic rings. The first-order chi connectivity index (χ1) is 6.41. The number of nitrogens with zero attached hydrogens (tertiary/aromatic N) is 1. The van der Waals surface area contributed by atoms with Gasteiger partial charge in [-0.05, 0) is 25.9 Å². The summed E-state index contributed by atoms with van der Waals surface area (Å²) in [5.74, 6) is -1.40. The fraction of sp³-hybridized carbons (Fsp3) is 0.875. The summed E-state index contributed by atoms with van der Waals surface area (Å²) in [6, 6.07) is -1.82. The molecule has 1 N–H and O–H groups in total. The predicted octanol–water partition coefficient (Wildman–Crippen LogP) is 1.49. The van der Waals surface area contributed by atoms with Crippen molar-refractivity contribution in [2.24, 2.45) is 0 Å². The lowest BCUT2D eigenvalue weighted by molar-refractivity contribution is -0.188. The van der Waals surface area contributed by atoms with Crippen LogP contribution in [0.1, 0.15) is 19.3 Å². The molecule has 1 unspecified atom stereocenters. The molecule has 1 fully saturated rings. The Morgan fingerprint density at radius 3 is 2.21 bits per heavy atom. The summed E-state index contributed by atoms with van der Waals surface area (Å²) in [5, 5.41) is 8.38. The van der Waals surface area contributed by atoms with E-state index in [1.54, 1.807) is 0 Å². The van der Waals surface area contributed by atoms with Crippen molar-refractivity contribution in [3.05, 3.63) is 0 Å². The van der Waals surface area contributed by atoms with E-state index in [2.05, 4.69) is 0 Å². The fourth-order valence-electron chi connectivity index (χ4n) is 1.67. The van der Waals surface area contributed by atoms with Crippen molar-refractivity contribution in [3.63, 3.8) is 0 Å². The first-order valence-electron chi connectivity index (χ1n) is 4.44. The van der Waals surface area contributed by atoms with Gasteiger partial charge < -0.3 is 5.11 Å². The molecule has 82 valence electrons. The molecule has 1 heterocycles. The van der Waals surface area contributed by atoms with Gasteiger partial charge in [-0.3, -0.25) is 9.69 Å². The third-order valence-electron chi connectivity index (χ3n) is 2.33. The maximum absolute atomic E-state index is 12.4. The first-order valence-corrected chi connectivity index (χ1v) is 4.44. The first kappa shape index (κ1) is 11.3. The fourth-order valence-corrected chi connectivity index (χ4v) is 1.67. The molecule has 0 saturated carbocycles. The summed E-state index contributed by atoms with van der Waals surface area (Å²) in [6.45, 7) is 0.689. The Bertz CT molecular complexity index is 211. The van der Waals surface area contributed by atoms with E-state index in [-0.39, 0.29) is 0 Å². The molecule has 0 radical (unpaired) electrons. The molecule has 1 rings (SSSR count). The molecule has 1 aliphatic rings. The van der Waals surface area contributed by atoms with E-state index in [0.717, 1.165) is 0 Å². The summed E-state index contributed by atoms with van der Waals surface area (Å²) >= 11 is 0. The van der Waals surface area contributed by atoms with Crippen LogP contribution < -0.4 is 0 Å². The Hall–Kier alpha value is -0.780. The summed E-state index contributed by atoms with van der Waals surface area (Å²) in [7, 11) is 0.